The Labute approximate surface area is 149 Å². The minimum atomic E-state index is -0.370. The van der Waals surface area contributed by atoms with Crippen molar-refractivity contribution in [3.05, 3.63) is 77.7 Å². The summed E-state index contributed by atoms with van der Waals surface area (Å²) in [6.07, 6.45) is 1.72. The first-order valence-corrected chi connectivity index (χ1v) is 7.95. The van der Waals surface area contributed by atoms with Crippen LogP contribution >= 0.6 is 23.8 Å². The molecule has 0 bridgehead atoms. The summed E-state index contributed by atoms with van der Waals surface area (Å²) in [5.41, 5.74) is 2.23. The number of anilines is 2. The normalized spacial score (nSPS) is 10.2. The molecule has 3 rings (SSSR count). The molecule has 120 valence electrons. The largest absolute Gasteiger partial charge is 0.330 e. The second-order valence-electron chi connectivity index (χ2n) is 5.00. The Balaban J connectivity index is 1.68. The van der Waals surface area contributed by atoms with E-state index < -0.39 is 0 Å². The fourth-order valence-corrected chi connectivity index (χ4v) is 2.54. The molecule has 0 spiro atoms. The van der Waals surface area contributed by atoms with Crippen LogP contribution in [0.2, 0.25) is 5.02 Å². The van der Waals surface area contributed by atoms with Crippen LogP contribution in [-0.2, 0) is 0 Å². The van der Waals surface area contributed by atoms with Crippen molar-refractivity contribution in [1.82, 2.24) is 4.98 Å². The van der Waals surface area contributed by atoms with Gasteiger partial charge in [0.1, 0.15) is 11.6 Å². The highest BCUT2D eigenvalue weighted by atomic mass is 35.5. The van der Waals surface area contributed by atoms with Gasteiger partial charge < -0.3 is 10.6 Å². The number of benzene rings is 2. The molecule has 2 aromatic carbocycles. The molecule has 2 N–H and O–H groups in total. The van der Waals surface area contributed by atoms with Gasteiger partial charge in [-0.05, 0) is 54.2 Å². The highest BCUT2D eigenvalue weighted by molar-refractivity contribution is 7.80. The maximum Gasteiger partial charge on any atom is 0.176 e. The molecule has 0 unspecified atom stereocenters. The van der Waals surface area contributed by atoms with E-state index in [1.165, 1.54) is 6.07 Å². The Morgan fingerprint density at radius 2 is 1.79 bits per heavy atom. The lowest BCUT2D eigenvalue weighted by molar-refractivity contribution is 0.632. The highest BCUT2D eigenvalue weighted by Crippen LogP contribution is 2.23. The van der Waals surface area contributed by atoms with E-state index in [9.17, 15) is 4.39 Å². The van der Waals surface area contributed by atoms with Crippen LogP contribution in [0.15, 0.2) is 66.9 Å². The number of rotatable bonds is 3. The highest BCUT2D eigenvalue weighted by Gasteiger charge is 2.05. The van der Waals surface area contributed by atoms with Gasteiger partial charge >= 0.3 is 0 Å². The SMILES string of the molecule is Fc1ccccc1NC(=S)Nc1ccc(-c2cccc(Cl)c2)cn1. The summed E-state index contributed by atoms with van der Waals surface area (Å²) >= 11 is 11.2. The average Bonchev–Trinajstić information content (AvgIpc) is 2.58. The van der Waals surface area contributed by atoms with Gasteiger partial charge in [0.25, 0.3) is 0 Å². The molecule has 0 saturated heterocycles. The van der Waals surface area contributed by atoms with Gasteiger partial charge in [-0.25, -0.2) is 9.37 Å². The van der Waals surface area contributed by atoms with Crippen molar-refractivity contribution in [1.29, 1.82) is 0 Å². The van der Waals surface area contributed by atoms with Crippen molar-refractivity contribution in [2.24, 2.45) is 0 Å². The van der Waals surface area contributed by atoms with Crippen LogP contribution in [0.1, 0.15) is 0 Å². The van der Waals surface area contributed by atoms with E-state index in [0.29, 0.717) is 16.5 Å². The molecule has 0 saturated carbocycles. The summed E-state index contributed by atoms with van der Waals surface area (Å²) in [7, 11) is 0. The van der Waals surface area contributed by atoms with E-state index in [4.69, 9.17) is 23.8 Å². The predicted octanol–water partition coefficient (Wildman–Crippen LogP) is 5.35. The smallest absolute Gasteiger partial charge is 0.176 e. The van der Waals surface area contributed by atoms with Crippen molar-refractivity contribution in [3.63, 3.8) is 0 Å². The molecule has 0 amide bonds. The van der Waals surface area contributed by atoms with Gasteiger partial charge in [-0.1, -0.05) is 35.9 Å². The number of halogens is 2. The van der Waals surface area contributed by atoms with Crippen LogP contribution in [0.25, 0.3) is 11.1 Å². The Morgan fingerprint density at radius 3 is 2.50 bits per heavy atom. The van der Waals surface area contributed by atoms with E-state index in [-0.39, 0.29) is 10.9 Å². The maximum absolute atomic E-state index is 13.6. The third-order valence-electron chi connectivity index (χ3n) is 3.29. The molecule has 0 aliphatic heterocycles. The number of nitrogens with one attached hydrogen (secondary N) is 2. The van der Waals surface area contributed by atoms with Crippen LogP contribution in [0.4, 0.5) is 15.9 Å². The summed E-state index contributed by atoms with van der Waals surface area (Å²) in [4.78, 5) is 4.31. The summed E-state index contributed by atoms with van der Waals surface area (Å²) < 4.78 is 13.6. The predicted molar refractivity (Wildman–Crippen MR) is 101 cm³/mol. The molecule has 0 radical (unpaired) electrons. The summed E-state index contributed by atoms with van der Waals surface area (Å²) in [5, 5.41) is 6.66. The molecule has 0 atom stereocenters. The number of nitrogens with zero attached hydrogens (tertiary/aromatic N) is 1. The molecule has 0 fully saturated rings. The molecule has 1 aromatic heterocycles. The first-order chi connectivity index (χ1) is 11.6. The minimum absolute atomic E-state index is 0.267. The molecule has 6 heteroatoms. The standard InChI is InChI=1S/C18H13ClFN3S/c19-14-5-3-4-12(10-14)13-8-9-17(21-11-13)23-18(24)22-16-7-2-1-6-15(16)20/h1-11H,(H2,21,22,23,24). The first kappa shape index (κ1) is 16.4. The van der Waals surface area contributed by atoms with Crippen LogP contribution in [-0.4, -0.2) is 10.1 Å². The van der Waals surface area contributed by atoms with Gasteiger partial charge in [0, 0.05) is 16.8 Å². The Bertz CT molecular complexity index is 868. The van der Waals surface area contributed by atoms with Crippen LogP contribution < -0.4 is 10.6 Å². The summed E-state index contributed by atoms with van der Waals surface area (Å²) in [6, 6.07) is 17.6. The van der Waals surface area contributed by atoms with E-state index >= 15 is 0 Å². The van der Waals surface area contributed by atoms with Crippen LogP contribution in [0, 0.1) is 5.82 Å². The second-order valence-corrected chi connectivity index (χ2v) is 5.85. The zero-order valence-corrected chi connectivity index (χ0v) is 14.0. The third-order valence-corrected chi connectivity index (χ3v) is 3.72. The van der Waals surface area contributed by atoms with Gasteiger partial charge in [0.2, 0.25) is 0 Å². The topological polar surface area (TPSA) is 37.0 Å². The van der Waals surface area contributed by atoms with E-state index in [1.54, 1.807) is 30.5 Å². The number of aromatic nitrogens is 1. The first-order valence-electron chi connectivity index (χ1n) is 7.16. The lowest BCUT2D eigenvalue weighted by Crippen LogP contribution is -2.20. The van der Waals surface area contributed by atoms with E-state index in [0.717, 1.165) is 11.1 Å². The zero-order chi connectivity index (χ0) is 16.9. The van der Waals surface area contributed by atoms with Gasteiger partial charge in [0.05, 0.1) is 5.69 Å². The zero-order valence-electron chi connectivity index (χ0n) is 12.5. The molecule has 1 heterocycles. The van der Waals surface area contributed by atoms with Crippen molar-refractivity contribution in [2.45, 2.75) is 0 Å². The lowest BCUT2D eigenvalue weighted by atomic mass is 10.1. The molecule has 24 heavy (non-hydrogen) atoms. The number of hydrogen-bond donors (Lipinski definition) is 2. The van der Waals surface area contributed by atoms with Gasteiger partial charge in [-0.2, -0.15) is 0 Å². The average molecular weight is 358 g/mol. The number of pyridine rings is 1. The molecule has 0 aliphatic carbocycles. The van der Waals surface area contributed by atoms with E-state index in [1.807, 2.05) is 30.3 Å². The van der Waals surface area contributed by atoms with Crippen molar-refractivity contribution in [3.8, 4) is 11.1 Å². The summed E-state index contributed by atoms with van der Waals surface area (Å²) in [6.45, 7) is 0. The van der Waals surface area contributed by atoms with Crippen molar-refractivity contribution >= 4 is 40.4 Å². The third kappa shape index (κ3) is 4.07. The van der Waals surface area contributed by atoms with Gasteiger partial charge in [-0.3, -0.25) is 0 Å². The fourth-order valence-electron chi connectivity index (χ4n) is 2.14. The lowest BCUT2D eigenvalue weighted by Gasteiger charge is -2.11. The molecular formula is C18H13ClFN3S. The quantitative estimate of drug-likeness (QED) is 0.619. The Kier molecular flexibility index (Phi) is 5.03. The second kappa shape index (κ2) is 7.38. The number of thiocarbonyl (C=S) groups is 1. The van der Waals surface area contributed by atoms with Gasteiger partial charge in [-0.15, -0.1) is 0 Å². The fraction of sp³-hybridized carbons (Fsp3) is 0. The molecule has 3 aromatic rings. The molecular weight excluding hydrogens is 345 g/mol. The minimum Gasteiger partial charge on any atom is -0.330 e. The van der Waals surface area contributed by atoms with Crippen molar-refractivity contribution in [2.75, 3.05) is 10.6 Å². The van der Waals surface area contributed by atoms with Crippen LogP contribution in [0.5, 0.6) is 0 Å². The molecule has 0 aliphatic rings. The maximum atomic E-state index is 13.6. The Hall–Kier alpha value is -2.50. The van der Waals surface area contributed by atoms with Crippen LogP contribution in [0.3, 0.4) is 0 Å². The van der Waals surface area contributed by atoms with Crippen molar-refractivity contribution < 1.29 is 4.39 Å². The van der Waals surface area contributed by atoms with Gasteiger partial charge in [0.15, 0.2) is 5.11 Å². The number of hydrogen-bond acceptors (Lipinski definition) is 2. The molecule has 3 nitrogen and oxygen atoms in total. The Morgan fingerprint density at radius 1 is 0.958 bits per heavy atom. The number of para-hydroxylation sites is 1. The monoisotopic (exact) mass is 357 g/mol. The van der Waals surface area contributed by atoms with E-state index in [2.05, 4.69) is 15.6 Å². The summed E-state index contributed by atoms with van der Waals surface area (Å²) in [5.74, 6) is 0.195.